The zero-order valence-electron chi connectivity index (χ0n) is 14.5. The molecule has 1 N–H and O–H groups in total. The second-order valence-electron chi connectivity index (χ2n) is 6.09. The Morgan fingerprint density at radius 1 is 1.08 bits per heavy atom. The van der Waals surface area contributed by atoms with Gasteiger partial charge in [-0.3, -0.25) is 0 Å². The number of benzene rings is 1. The number of methoxy groups -OCH3 is 1. The third-order valence-electron chi connectivity index (χ3n) is 4.28. The molecule has 0 saturated carbocycles. The molecule has 1 aromatic carbocycles. The van der Waals surface area contributed by atoms with Gasteiger partial charge in [-0.25, -0.2) is 9.97 Å². The normalized spacial score (nSPS) is 15.8. The van der Waals surface area contributed by atoms with Crippen molar-refractivity contribution < 1.29 is 17.9 Å². The highest BCUT2D eigenvalue weighted by Gasteiger charge is 2.31. The van der Waals surface area contributed by atoms with Crippen LogP contribution in [0.1, 0.15) is 5.56 Å². The minimum atomic E-state index is -4.46. The smallest absolute Gasteiger partial charge is 0.419 e. The molecular formula is C17H20F3N5O. The zero-order valence-corrected chi connectivity index (χ0v) is 14.5. The van der Waals surface area contributed by atoms with Crippen molar-refractivity contribution in [3.8, 4) is 5.75 Å². The van der Waals surface area contributed by atoms with Gasteiger partial charge in [0.2, 0.25) is 5.95 Å². The van der Waals surface area contributed by atoms with Gasteiger partial charge in [-0.1, -0.05) is 0 Å². The lowest BCUT2D eigenvalue weighted by Crippen LogP contribution is -2.44. The number of anilines is 3. The summed E-state index contributed by atoms with van der Waals surface area (Å²) in [6.45, 7) is 3.83. The lowest BCUT2D eigenvalue weighted by molar-refractivity contribution is -0.138. The minimum Gasteiger partial charge on any atom is -0.494 e. The van der Waals surface area contributed by atoms with Gasteiger partial charge in [-0.05, 0) is 19.2 Å². The molecule has 0 bridgehead atoms. The molecule has 1 fully saturated rings. The van der Waals surface area contributed by atoms with E-state index in [1.807, 2.05) is 18.2 Å². The van der Waals surface area contributed by atoms with Crippen LogP contribution in [0.3, 0.4) is 0 Å². The van der Waals surface area contributed by atoms with E-state index in [-0.39, 0.29) is 5.95 Å². The van der Waals surface area contributed by atoms with Crippen molar-refractivity contribution in [3.63, 3.8) is 0 Å². The SMILES string of the molecule is COc1cc(N2CCN(C)CC2)ccc1Nc1ncc(C(F)(F)F)cn1. The van der Waals surface area contributed by atoms with Crippen LogP contribution >= 0.6 is 0 Å². The number of rotatable bonds is 4. The van der Waals surface area contributed by atoms with Crippen LogP contribution in [0.5, 0.6) is 5.75 Å². The van der Waals surface area contributed by atoms with Gasteiger partial charge in [-0.2, -0.15) is 13.2 Å². The molecule has 26 heavy (non-hydrogen) atoms. The van der Waals surface area contributed by atoms with Crippen molar-refractivity contribution in [2.45, 2.75) is 6.18 Å². The number of nitrogens with one attached hydrogen (secondary N) is 1. The summed E-state index contributed by atoms with van der Waals surface area (Å²) in [7, 11) is 3.64. The molecule has 0 atom stereocenters. The Balaban J connectivity index is 1.76. The number of piperazine rings is 1. The van der Waals surface area contributed by atoms with Crippen LogP contribution in [0, 0.1) is 0 Å². The predicted molar refractivity (Wildman–Crippen MR) is 93.0 cm³/mol. The quantitative estimate of drug-likeness (QED) is 0.897. The first kappa shape index (κ1) is 18.2. The Morgan fingerprint density at radius 3 is 2.31 bits per heavy atom. The molecule has 0 spiro atoms. The van der Waals surface area contributed by atoms with Gasteiger partial charge in [0.25, 0.3) is 0 Å². The molecule has 1 saturated heterocycles. The molecule has 0 aliphatic carbocycles. The van der Waals surface area contributed by atoms with Crippen LogP contribution < -0.4 is 15.0 Å². The van der Waals surface area contributed by atoms with Gasteiger partial charge >= 0.3 is 6.18 Å². The van der Waals surface area contributed by atoms with Gasteiger partial charge in [0, 0.05) is 50.3 Å². The Hall–Kier alpha value is -2.55. The summed E-state index contributed by atoms with van der Waals surface area (Å²) in [5, 5.41) is 2.90. The van der Waals surface area contributed by atoms with Crippen molar-refractivity contribution in [3.05, 3.63) is 36.2 Å². The molecule has 6 nitrogen and oxygen atoms in total. The van der Waals surface area contributed by atoms with Gasteiger partial charge < -0.3 is 19.9 Å². The zero-order chi connectivity index (χ0) is 18.7. The molecular weight excluding hydrogens is 347 g/mol. The van der Waals surface area contributed by atoms with Gasteiger partial charge in [0.15, 0.2) is 0 Å². The molecule has 0 radical (unpaired) electrons. The number of alkyl halides is 3. The Labute approximate surface area is 149 Å². The van der Waals surface area contributed by atoms with E-state index in [0.29, 0.717) is 11.4 Å². The highest BCUT2D eigenvalue weighted by Crippen LogP contribution is 2.32. The Morgan fingerprint density at radius 2 is 1.73 bits per heavy atom. The molecule has 0 unspecified atom stereocenters. The molecule has 9 heteroatoms. The van der Waals surface area contributed by atoms with Crippen LogP contribution in [-0.4, -0.2) is 55.2 Å². The van der Waals surface area contributed by atoms with Crippen LogP contribution in [0.25, 0.3) is 0 Å². The van der Waals surface area contributed by atoms with E-state index >= 15 is 0 Å². The molecule has 3 rings (SSSR count). The Bertz CT molecular complexity index is 743. The molecule has 1 aromatic heterocycles. The van der Waals surface area contributed by atoms with Crippen LogP contribution in [0.4, 0.5) is 30.5 Å². The number of hydrogen-bond donors (Lipinski definition) is 1. The van der Waals surface area contributed by atoms with Crippen molar-refractivity contribution in [2.75, 3.05) is 50.6 Å². The summed E-state index contributed by atoms with van der Waals surface area (Å²) in [5.74, 6) is 0.647. The fraction of sp³-hybridized carbons (Fsp3) is 0.412. The maximum Gasteiger partial charge on any atom is 0.419 e. The highest BCUT2D eigenvalue weighted by atomic mass is 19.4. The van der Waals surface area contributed by atoms with Crippen molar-refractivity contribution in [1.29, 1.82) is 0 Å². The summed E-state index contributed by atoms with van der Waals surface area (Å²) in [4.78, 5) is 12.0. The van der Waals surface area contributed by atoms with Crippen LogP contribution in [-0.2, 0) is 6.18 Å². The number of ether oxygens (including phenoxy) is 1. The maximum absolute atomic E-state index is 12.6. The van der Waals surface area contributed by atoms with E-state index in [9.17, 15) is 13.2 Å². The third-order valence-corrected chi connectivity index (χ3v) is 4.28. The summed E-state index contributed by atoms with van der Waals surface area (Å²) in [5.41, 5.74) is 0.736. The minimum absolute atomic E-state index is 0.0728. The summed E-state index contributed by atoms with van der Waals surface area (Å²) < 4.78 is 43.2. The standard InChI is InChI=1S/C17H20F3N5O/c1-24-5-7-25(8-6-24)13-3-4-14(15(9-13)26-2)23-16-21-10-12(11-22-16)17(18,19)20/h3-4,9-11H,5-8H2,1-2H3,(H,21,22,23). The van der Waals surface area contributed by atoms with Gasteiger partial charge in [-0.15, -0.1) is 0 Å². The molecule has 1 aliphatic heterocycles. The molecule has 2 heterocycles. The van der Waals surface area contributed by atoms with E-state index in [2.05, 4.69) is 32.1 Å². The van der Waals surface area contributed by atoms with Crippen molar-refractivity contribution in [2.24, 2.45) is 0 Å². The molecule has 140 valence electrons. The fourth-order valence-electron chi connectivity index (χ4n) is 2.70. The summed E-state index contributed by atoms with van der Waals surface area (Å²) in [6.07, 6.45) is -2.96. The molecule has 1 aliphatic rings. The molecule has 0 amide bonds. The number of nitrogens with zero attached hydrogens (tertiary/aromatic N) is 4. The number of hydrogen-bond acceptors (Lipinski definition) is 6. The predicted octanol–water partition coefficient (Wildman–Crippen LogP) is 3.00. The van der Waals surface area contributed by atoms with Gasteiger partial charge in [0.05, 0.1) is 18.4 Å². The maximum atomic E-state index is 12.6. The number of halogens is 3. The van der Waals surface area contributed by atoms with Crippen LogP contribution in [0.15, 0.2) is 30.6 Å². The van der Waals surface area contributed by atoms with Crippen molar-refractivity contribution >= 4 is 17.3 Å². The summed E-state index contributed by atoms with van der Waals surface area (Å²) in [6, 6.07) is 5.66. The number of likely N-dealkylation sites (N-methyl/N-ethyl adjacent to an activating group) is 1. The van der Waals surface area contributed by atoms with E-state index in [1.165, 1.54) is 0 Å². The van der Waals surface area contributed by atoms with E-state index < -0.39 is 11.7 Å². The molecule has 2 aromatic rings. The fourth-order valence-corrected chi connectivity index (χ4v) is 2.70. The van der Waals surface area contributed by atoms with Crippen molar-refractivity contribution in [1.82, 2.24) is 14.9 Å². The van der Waals surface area contributed by atoms with Gasteiger partial charge in [0.1, 0.15) is 5.75 Å². The van der Waals surface area contributed by atoms with Crippen LogP contribution in [0.2, 0.25) is 0 Å². The van der Waals surface area contributed by atoms with E-state index in [4.69, 9.17) is 4.74 Å². The first-order valence-electron chi connectivity index (χ1n) is 8.14. The Kier molecular flexibility index (Phi) is 5.17. The lowest BCUT2D eigenvalue weighted by atomic mass is 10.2. The average molecular weight is 367 g/mol. The highest BCUT2D eigenvalue weighted by molar-refractivity contribution is 5.68. The first-order chi connectivity index (χ1) is 12.4. The lowest BCUT2D eigenvalue weighted by Gasteiger charge is -2.34. The largest absolute Gasteiger partial charge is 0.494 e. The van der Waals surface area contributed by atoms with E-state index in [1.54, 1.807) is 7.11 Å². The third kappa shape index (κ3) is 4.16. The second-order valence-corrected chi connectivity index (χ2v) is 6.09. The topological polar surface area (TPSA) is 53.5 Å². The first-order valence-corrected chi connectivity index (χ1v) is 8.14. The average Bonchev–Trinajstić information content (AvgIpc) is 2.62. The van der Waals surface area contributed by atoms with E-state index in [0.717, 1.165) is 44.3 Å². The monoisotopic (exact) mass is 367 g/mol. The number of aromatic nitrogens is 2. The second kappa shape index (κ2) is 7.36. The summed E-state index contributed by atoms with van der Waals surface area (Å²) >= 11 is 0.